The topological polar surface area (TPSA) is 52.6 Å². The molecule has 0 bridgehead atoms. The summed E-state index contributed by atoms with van der Waals surface area (Å²) in [5.74, 6) is -0.803. The molecule has 0 N–H and O–H groups in total. The van der Waals surface area contributed by atoms with E-state index in [2.05, 4.69) is 11.3 Å². The molecule has 1 saturated heterocycles. The Morgan fingerprint density at radius 3 is 2.85 bits per heavy atom. The van der Waals surface area contributed by atoms with E-state index in [1.54, 1.807) is 0 Å². The molecular formula is C9H12O4. The number of cyclic esters (lactones) is 1. The highest BCUT2D eigenvalue weighted by Crippen LogP contribution is 2.14. The Labute approximate surface area is 76.5 Å². The van der Waals surface area contributed by atoms with Crippen LogP contribution in [0.3, 0.4) is 0 Å². The Hall–Kier alpha value is -1.32. The van der Waals surface area contributed by atoms with Gasteiger partial charge in [0.15, 0.2) is 0 Å². The summed E-state index contributed by atoms with van der Waals surface area (Å²) in [7, 11) is 0. The van der Waals surface area contributed by atoms with E-state index >= 15 is 0 Å². The molecule has 1 aliphatic heterocycles. The highest BCUT2D eigenvalue weighted by atomic mass is 16.6. The number of carbonyl (C=O) groups excluding carboxylic acids is 2. The van der Waals surface area contributed by atoms with Crippen molar-refractivity contribution in [1.29, 1.82) is 0 Å². The molecule has 1 atom stereocenters. The van der Waals surface area contributed by atoms with Crippen LogP contribution in [0.1, 0.15) is 19.8 Å². The zero-order chi connectivity index (χ0) is 9.84. The molecule has 0 aromatic heterocycles. The number of hydrogen-bond donors (Lipinski definition) is 0. The SMILES string of the molecule is C=C(C)CCOC(=O)[C@@H]1CC(=O)O1. The summed E-state index contributed by atoms with van der Waals surface area (Å²) in [6, 6.07) is 0. The molecule has 4 heteroatoms. The fraction of sp³-hybridized carbons (Fsp3) is 0.556. The summed E-state index contributed by atoms with van der Waals surface area (Å²) < 4.78 is 9.35. The van der Waals surface area contributed by atoms with Gasteiger partial charge in [0.05, 0.1) is 13.0 Å². The molecular weight excluding hydrogens is 172 g/mol. The lowest BCUT2D eigenvalue weighted by atomic mass is 10.2. The lowest BCUT2D eigenvalue weighted by Crippen LogP contribution is -2.40. The molecule has 72 valence electrons. The molecule has 1 rings (SSSR count). The van der Waals surface area contributed by atoms with Gasteiger partial charge in [-0.1, -0.05) is 5.57 Å². The van der Waals surface area contributed by atoms with Crippen molar-refractivity contribution < 1.29 is 19.1 Å². The lowest BCUT2D eigenvalue weighted by molar-refractivity contribution is -0.185. The molecule has 0 radical (unpaired) electrons. The first-order valence-electron chi connectivity index (χ1n) is 4.10. The molecule has 0 aliphatic carbocycles. The average molecular weight is 184 g/mol. The third-order valence-electron chi connectivity index (χ3n) is 1.66. The first kappa shape index (κ1) is 9.77. The van der Waals surface area contributed by atoms with Gasteiger partial charge in [0.1, 0.15) is 0 Å². The van der Waals surface area contributed by atoms with Crippen LogP contribution >= 0.6 is 0 Å². The molecule has 0 aromatic rings. The Morgan fingerprint density at radius 2 is 2.38 bits per heavy atom. The van der Waals surface area contributed by atoms with E-state index in [1.165, 1.54) is 0 Å². The average Bonchev–Trinajstić information content (AvgIpc) is 1.97. The van der Waals surface area contributed by atoms with Gasteiger partial charge in [0.25, 0.3) is 0 Å². The molecule has 1 aliphatic rings. The van der Waals surface area contributed by atoms with Gasteiger partial charge in [-0.15, -0.1) is 6.58 Å². The maximum atomic E-state index is 11.0. The van der Waals surface area contributed by atoms with Gasteiger partial charge in [0.2, 0.25) is 6.10 Å². The van der Waals surface area contributed by atoms with E-state index in [0.717, 1.165) is 5.57 Å². The van der Waals surface area contributed by atoms with E-state index in [4.69, 9.17) is 4.74 Å². The number of esters is 2. The number of carbonyl (C=O) groups is 2. The van der Waals surface area contributed by atoms with Crippen LogP contribution in [0.25, 0.3) is 0 Å². The summed E-state index contributed by atoms with van der Waals surface area (Å²) >= 11 is 0. The quantitative estimate of drug-likeness (QED) is 0.479. The van der Waals surface area contributed by atoms with Crippen molar-refractivity contribution in [3.8, 4) is 0 Å². The molecule has 0 spiro atoms. The molecule has 0 unspecified atom stereocenters. The van der Waals surface area contributed by atoms with Gasteiger partial charge in [-0.2, -0.15) is 0 Å². The molecule has 0 aromatic carbocycles. The third-order valence-corrected chi connectivity index (χ3v) is 1.66. The van der Waals surface area contributed by atoms with Crippen LogP contribution in [0.4, 0.5) is 0 Å². The smallest absolute Gasteiger partial charge is 0.348 e. The normalized spacial score (nSPS) is 20.1. The van der Waals surface area contributed by atoms with E-state index in [-0.39, 0.29) is 12.4 Å². The van der Waals surface area contributed by atoms with Crippen LogP contribution in [0.5, 0.6) is 0 Å². The standard InChI is InChI=1S/C9H12O4/c1-6(2)3-4-12-9(11)7-5-8(10)13-7/h7H,1,3-5H2,2H3/t7-/m0/s1. The Bertz CT molecular complexity index is 236. The zero-order valence-corrected chi connectivity index (χ0v) is 7.54. The van der Waals surface area contributed by atoms with Crippen molar-refractivity contribution in [2.75, 3.05) is 6.61 Å². The van der Waals surface area contributed by atoms with Crippen LogP contribution < -0.4 is 0 Å². The number of rotatable bonds is 4. The fourth-order valence-electron chi connectivity index (χ4n) is 0.851. The predicted octanol–water partition coefficient (Wildman–Crippen LogP) is 0.811. The molecule has 1 fully saturated rings. The van der Waals surface area contributed by atoms with Gasteiger partial charge in [-0.3, -0.25) is 4.79 Å². The summed E-state index contributed by atoms with van der Waals surface area (Å²) in [6.45, 7) is 5.83. The second kappa shape index (κ2) is 4.07. The fourth-order valence-corrected chi connectivity index (χ4v) is 0.851. The highest BCUT2D eigenvalue weighted by molar-refractivity contribution is 5.89. The highest BCUT2D eigenvalue weighted by Gasteiger charge is 2.36. The summed E-state index contributed by atoms with van der Waals surface area (Å²) in [4.78, 5) is 21.4. The van der Waals surface area contributed by atoms with Crippen molar-refractivity contribution in [3.63, 3.8) is 0 Å². The van der Waals surface area contributed by atoms with Crippen LogP contribution in [-0.4, -0.2) is 24.6 Å². The van der Waals surface area contributed by atoms with Crippen molar-refractivity contribution in [2.24, 2.45) is 0 Å². The maximum absolute atomic E-state index is 11.0. The maximum Gasteiger partial charge on any atom is 0.348 e. The Kier molecular flexibility index (Phi) is 3.06. The second-order valence-electron chi connectivity index (χ2n) is 3.06. The van der Waals surface area contributed by atoms with Gasteiger partial charge in [-0.05, 0) is 6.92 Å². The largest absolute Gasteiger partial charge is 0.463 e. The van der Waals surface area contributed by atoms with Crippen molar-refractivity contribution in [1.82, 2.24) is 0 Å². The number of hydrogen-bond acceptors (Lipinski definition) is 4. The minimum Gasteiger partial charge on any atom is -0.463 e. The van der Waals surface area contributed by atoms with Crippen molar-refractivity contribution in [2.45, 2.75) is 25.9 Å². The minimum atomic E-state index is -0.669. The molecule has 0 saturated carbocycles. The molecule has 13 heavy (non-hydrogen) atoms. The predicted molar refractivity (Wildman–Crippen MR) is 44.9 cm³/mol. The first-order valence-corrected chi connectivity index (χ1v) is 4.10. The molecule has 4 nitrogen and oxygen atoms in total. The van der Waals surface area contributed by atoms with Crippen LogP contribution in [0, 0.1) is 0 Å². The van der Waals surface area contributed by atoms with Crippen LogP contribution in [0.15, 0.2) is 12.2 Å². The van der Waals surface area contributed by atoms with E-state index in [9.17, 15) is 9.59 Å². The van der Waals surface area contributed by atoms with Crippen LogP contribution in [0.2, 0.25) is 0 Å². The molecule has 1 heterocycles. The Balaban J connectivity index is 2.11. The number of ether oxygens (including phenoxy) is 2. The van der Waals surface area contributed by atoms with Gasteiger partial charge in [0, 0.05) is 6.42 Å². The van der Waals surface area contributed by atoms with Gasteiger partial charge in [-0.25, -0.2) is 4.79 Å². The van der Waals surface area contributed by atoms with E-state index in [1.807, 2.05) is 6.92 Å². The Morgan fingerprint density at radius 1 is 1.77 bits per heavy atom. The first-order chi connectivity index (χ1) is 6.09. The van der Waals surface area contributed by atoms with Gasteiger partial charge < -0.3 is 9.47 Å². The summed E-state index contributed by atoms with van der Waals surface area (Å²) in [5.41, 5.74) is 0.957. The minimum absolute atomic E-state index is 0.145. The molecule has 0 amide bonds. The van der Waals surface area contributed by atoms with Crippen molar-refractivity contribution in [3.05, 3.63) is 12.2 Å². The van der Waals surface area contributed by atoms with Crippen molar-refractivity contribution >= 4 is 11.9 Å². The monoisotopic (exact) mass is 184 g/mol. The second-order valence-corrected chi connectivity index (χ2v) is 3.06. The van der Waals surface area contributed by atoms with Gasteiger partial charge >= 0.3 is 11.9 Å². The summed E-state index contributed by atoms with van der Waals surface area (Å²) in [5, 5.41) is 0. The van der Waals surface area contributed by atoms with E-state index in [0.29, 0.717) is 13.0 Å². The zero-order valence-electron chi connectivity index (χ0n) is 7.54. The van der Waals surface area contributed by atoms with Crippen LogP contribution in [-0.2, 0) is 19.1 Å². The van der Waals surface area contributed by atoms with E-state index < -0.39 is 12.1 Å². The lowest BCUT2D eigenvalue weighted by Gasteiger charge is -2.23. The summed E-state index contributed by atoms with van der Waals surface area (Å²) in [6.07, 6.45) is 0.121. The third kappa shape index (κ3) is 2.89.